The van der Waals surface area contributed by atoms with Crippen LogP contribution in [0, 0.1) is 0 Å². The Morgan fingerprint density at radius 3 is 2.68 bits per heavy atom. The lowest BCUT2D eigenvalue weighted by molar-refractivity contribution is 0.177. The number of benzene rings is 1. The van der Waals surface area contributed by atoms with Crippen molar-refractivity contribution in [2.45, 2.75) is 4.90 Å². The molecule has 0 spiro atoms. The molecule has 6 nitrogen and oxygen atoms in total. The van der Waals surface area contributed by atoms with Crippen LogP contribution in [0.25, 0.3) is 11.0 Å². The number of halogens is 2. The maximum Gasteiger partial charge on any atom is 0.243 e. The summed E-state index contributed by atoms with van der Waals surface area (Å²) < 4.78 is 44.0. The zero-order valence-corrected chi connectivity index (χ0v) is 13.3. The molecule has 120 valence electrons. The number of sulfonamides is 1. The van der Waals surface area contributed by atoms with Crippen molar-refractivity contribution in [2.24, 2.45) is 0 Å². The molecule has 1 aliphatic heterocycles. The quantitative estimate of drug-likeness (QED) is 0.843. The first-order chi connectivity index (χ1) is 10.5. The molecule has 3 rings (SSSR count). The summed E-state index contributed by atoms with van der Waals surface area (Å²) in [5.41, 5.74) is 0.441. The fourth-order valence-corrected chi connectivity index (χ4v) is 4.14. The number of aromatic nitrogens is 1. The van der Waals surface area contributed by atoms with E-state index in [2.05, 4.69) is 5.16 Å². The molecule has 0 unspecified atom stereocenters. The van der Waals surface area contributed by atoms with Crippen LogP contribution < -0.4 is 0 Å². The molecule has 0 radical (unpaired) electrons. The lowest BCUT2D eigenvalue weighted by Gasteiger charge is -2.33. The molecular weight excluding hydrogens is 333 g/mol. The number of hydrogen-bond donors (Lipinski definition) is 0. The van der Waals surface area contributed by atoms with Gasteiger partial charge in [0.25, 0.3) is 0 Å². The molecule has 0 aliphatic carbocycles. The summed E-state index contributed by atoms with van der Waals surface area (Å²) in [5, 5.41) is 4.21. The van der Waals surface area contributed by atoms with E-state index in [9.17, 15) is 12.8 Å². The first kappa shape index (κ1) is 15.7. The van der Waals surface area contributed by atoms with Crippen molar-refractivity contribution in [3.05, 3.63) is 23.4 Å². The van der Waals surface area contributed by atoms with Crippen molar-refractivity contribution in [3.8, 4) is 0 Å². The van der Waals surface area contributed by atoms with E-state index in [-0.39, 0.29) is 10.0 Å². The summed E-state index contributed by atoms with van der Waals surface area (Å²) >= 11 is 5.88. The van der Waals surface area contributed by atoms with Crippen LogP contribution in [0.4, 0.5) is 4.39 Å². The average Bonchev–Trinajstić information content (AvgIpc) is 2.89. The first-order valence-electron chi connectivity index (χ1n) is 6.86. The third-order valence-electron chi connectivity index (χ3n) is 3.77. The smallest absolute Gasteiger partial charge is 0.243 e. The van der Waals surface area contributed by atoms with Crippen molar-refractivity contribution >= 4 is 32.6 Å². The van der Waals surface area contributed by atoms with Gasteiger partial charge >= 0.3 is 0 Å². The van der Waals surface area contributed by atoms with Crippen LogP contribution in [0.5, 0.6) is 0 Å². The summed E-state index contributed by atoms with van der Waals surface area (Å²) in [6, 6.07) is 4.49. The lowest BCUT2D eigenvalue weighted by Crippen LogP contribution is -2.49. The minimum absolute atomic E-state index is 0.139. The molecule has 0 atom stereocenters. The maximum atomic E-state index is 12.7. The fourth-order valence-electron chi connectivity index (χ4n) is 2.51. The van der Waals surface area contributed by atoms with Crippen LogP contribution in [0.1, 0.15) is 0 Å². The maximum absolute atomic E-state index is 12.7. The molecule has 2 heterocycles. The molecule has 1 saturated heterocycles. The van der Waals surface area contributed by atoms with Crippen molar-refractivity contribution in [1.82, 2.24) is 14.4 Å². The van der Waals surface area contributed by atoms with Gasteiger partial charge in [-0.05, 0) is 18.2 Å². The summed E-state index contributed by atoms with van der Waals surface area (Å²) in [5.74, 6) is 0. The number of hydrogen-bond acceptors (Lipinski definition) is 5. The van der Waals surface area contributed by atoms with Gasteiger partial charge in [0.05, 0.1) is 10.3 Å². The summed E-state index contributed by atoms with van der Waals surface area (Å²) in [6.07, 6.45) is 0. The summed E-state index contributed by atoms with van der Waals surface area (Å²) in [6.45, 7) is 1.67. The Morgan fingerprint density at radius 2 is 2.00 bits per heavy atom. The van der Waals surface area contributed by atoms with Gasteiger partial charge in [-0.25, -0.2) is 12.8 Å². The number of nitrogens with zero attached hydrogens (tertiary/aromatic N) is 3. The number of rotatable bonds is 4. The first-order valence-corrected chi connectivity index (χ1v) is 8.67. The molecule has 1 aromatic carbocycles. The van der Waals surface area contributed by atoms with Gasteiger partial charge in [0.1, 0.15) is 6.67 Å². The second-order valence-electron chi connectivity index (χ2n) is 5.07. The molecule has 9 heteroatoms. The predicted molar refractivity (Wildman–Crippen MR) is 80.2 cm³/mol. The Bertz CT molecular complexity index is 772. The third kappa shape index (κ3) is 2.83. The number of alkyl halides is 1. The van der Waals surface area contributed by atoms with E-state index in [0.29, 0.717) is 43.7 Å². The SMILES string of the molecule is O=S(=O)(c1ccc2onc(Cl)c2c1)N1CCN(CCF)CC1. The highest BCUT2D eigenvalue weighted by Crippen LogP contribution is 2.27. The van der Waals surface area contributed by atoms with Crippen LogP contribution in [0.15, 0.2) is 27.6 Å². The minimum atomic E-state index is -3.60. The van der Waals surface area contributed by atoms with Crippen LogP contribution in [0.2, 0.25) is 5.15 Å². The van der Waals surface area contributed by atoms with E-state index < -0.39 is 16.7 Å². The largest absolute Gasteiger partial charge is 0.355 e. The highest BCUT2D eigenvalue weighted by molar-refractivity contribution is 7.89. The zero-order chi connectivity index (χ0) is 15.7. The number of fused-ring (bicyclic) bond motifs is 1. The van der Waals surface area contributed by atoms with Gasteiger partial charge in [-0.2, -0.15) is 4.31 Å². The third-order valence-corrected chi connectivity index (χ3v) is 5.93. The van der Waals surface area contributed by atoms with E-state index >= 15 is 0 Å². The molecule has 0 saturated carbocycles. The van der Waals surface area contributed by atoms with E-state index in [1.165, 1.54) is 16.4 Å². The molecule has 0 N–H and O–H groups in total. The zero-order valence-electron chi connectivity index (χ0n) is 11.7. The Balaban J connectivity index is 1.84. The fraction of sp³-hybridized carbons (Fsp3) is 0.462. The Morgan fingerprint density at radius 1 is 1.27 bits per heavy atom. The molecule has 22 heavy (non-hydrogen) atoms. The minimum Gasteiger partial charge on any atom is -0.355 e. The van der Waals surface area contributed by atoms with E-state index in [1.807, 2.05) is 4.90 Å². The standard InChI is InChI=1S/C13H15ClFN3O3S/c14-13-11-9-10(1-2-12(11)21-16-13)22(19,20)18-7-5-17(4-3-15)6-8-18/h1-2,9H,3-8H2. The van der Waals surface area contributed by atoms with Gasteiger partial charge in [-0.3, -0.25) is 4.90 Å². The molecule has 0 amide bonds. The van der Waals surface area contributed by atoms with Gasteiger partial charge in [0.15, 0.2) is 10.7 Å². The van der Waals surface area contributed by atoms with E-state index in [4.69, 9.17) is 16.1 Å². The predicted octanol–water partition coefficient (Wildman–Crippen LogP) is 1.76. The number of piperazine rings is 1. The molecule has 0 bridgehead atoms. The molecule has 1 fully saturated rings. The van der Waals surface area contributed by atoms with Gasteiger partial charge in [0.2, 0.25) is 10.0 Å². The second kappa shape index (κ2) is 6.11. The van der Waals surface area contributed by atoms with Crippen molar-refractivity contribution in [1.29, 1.82) is 0 Å². The van der Waals surface area contributed by atoms with Gasteiger partial charge in [0, 0.05) is 32.7 Å². The average molecular weight is 348 g/mol. The lowest BCUT2D eigenvalue weighted by atomic mass is 10.3. The normalized spacial score (nSPS) is 18.1. The second-order valence-corrected chi connectivity index (χ2v) is 7.36. The molecule has 2 aromatic rings. The Labute approximate surface area is 132 Å². The monoisotopic (exact) mass is 347 g/mol. The van der Waals surface area contributed by atoms with Crippen molar-refractivity contribution < 1.29 is 17.3 Å². The van der Waals surface area contributed by atoms with E-state index in [0.717, 1.165) is 0 Å². The van der Waals surface area contributed by atoms with Gasteiger partial charge in [-0.15, -0.1) is 0 Å². The van der Waals surface area contributed by atoms with Crippen molar-refractivity contribution in [3.63, 3.8) is 0 Å². The molecular formula is C13H15ClFN3O3S. The Hall–Kier alpha value is -1.22. The van der Waals surface area contributed by atoms with Crippen molar-refractivity contribution in [2.75, 3.05) is 39.4 Å². The van der Waals surface area contributed by atoms with Crippen LogP contribution >= 0.6 is 11.6 Å². The molecule has 1 aliphatic rings. The van der Waals surface area contributed by atoms with Gasteiger partial charge in [-0.1, -0.05) is 16.8 Å². The van der Waals surface area contributed by atoms with Gasteiger partial charge < -0.3 is 4.52 Å². The highest BCUT2D eigenvalue weighted by Gasteiger charge is 2.28. The summed E-state index contributed by atoms with van der Waals surface area (Å²) in [4.78, 5) is 2.07. The van der Waals surface area contributed by atoms with Crippen LogP contribution in [-0.2, 0) is 10.0 Å². The molecule has 1 aromatic heterocycles. The highest BCUT2D eigenvalue weighted by atomic mass is 35.5. The topological polar surface area (TPSA) is 66.7 Å². The summed E-state index contributed by atoms with van der Waals surface area (Å²) in [7, 11) is -3.60. The van der Waals surface area contributed by atoms with Crippen LogP contribution in [-0.4, -0.2) is 62.2 Å². The Kier molecular flexibility index (Phi) is 4.35. The van der Waals surface area contributed by atoms with Crippen LogP contribution in [0.3, 0.4) is 0 Å². The van der Waals surface area contributed by atoms with E-state index in [1.54, 1.807) is 6.07 Å².